The number of rotatable bonds is 4. The summed E-state index contributed by atoms with van der Waals surface area (Å²) in [6.07, 6.45) is -0.0757. The molecule has 0 unspecified atom stereocenters. The molecule has 194 valence electrons. The van der Waals surface area contributed by atoms with Crippen molar-refractivity contribution in [3.8, 4) is 0 Å². The van der Waals surface area contributed by atoms with Crippen LogP contribution in [0.2, 0.25) is 0 Å². The highest BCUT2D eigenvalue weighted by Crippen LogP contribution is 2.47. The van der Waals surface area contributed by atoms with E-state index in [4.69, 9.17) is 4.74 Å². The van der Waals surface area contributed by atoms with E-state index in [0.717, 1.165) is 31.7 Å². The van der Waals surface area contributed by atoms with Crippen LogP contribution in [0, 0.1) is 0 Å². The van der Waals surface area contributed by atoms with E-state index in [1.807, 2.05) is 18.2 Å². The molecule has 7 nitrogen and oxygen atoms in total. The summed E-state index contributed by atoms with van der Waals surface area (Å²) in [4.78, 5) is 22.5. The van der Waals surface area contributed by atoms with Crippen molar-refractivity contribution in [3.63, 3.8) is 0 Å². The minimum absolute atomic E-state index is 0.111. The van der Waals surface area contributed by atoms with Crippen molar-refractivity contribution >= 4 is 17.5 Å². The molecule has 2 amide bonds. The Morgan fingerprint density at radius 1 is 1.06 bits per heavy atom. The van der Waals surface area contributed by atoms with Crippen molar-refractivity contribution in [1.29, 1.82) is 0 Å². The van der Waals surface area contributed by atoms with Gasteiger partial charge in [0.05, 0.1) is 37.2 Å². The zero-order chi connectivity index (χ0) is 25.6. The summed E-state index contributed by atoms with van der Waals surface area (Å²) in [5, 5.41) is 3.11. The monoisotopic (exact) mass is 503 g/mol. The Morgan fingerprint density at radius 2 is 1.72 bits per heavy atom. The Morgan fingerprint density at radius 3 is 2.33 bits per heavy atom. The number of urea groups is 1. The van der Waals surface area contributed by atoms with Gasteiger partial charge in [0, 0.05) is 18.6 Å². The van der Waals surface area contributed by atoms with Gasteiger partial charge >= 0.3 is 12.2 Å². The standard InChI is InChI=1S/C26H32F3N5O2/c1-32(2)25(19-6-4-3-5-7-19)10-8-24(9-11-25)18-34(23(35)31-24)20-16-21(26(27,28)29)22(30-17-20)33-12-14-36-15-13-33/h3-7,16-17H,8-15,18H2,1-2H3,(H,31,35)/t24-,25+. The summed E-state index contributed by atoms with van der Waals surface area (Å²) in [5.74, 6) is -0.111. The Labute approximate surface area is 209 Å². The molecular formula is C26H32F3N5O2. The average molecular weight is 504 g/mol. The van der Waals surface area contributed by atoms with Crippen LogP contribution in [-0.2, 0) is 16.5 Å². The lowest BCUT2D eigenvalue weighted by molar-refractivity contribution is -0.137. The van der Waals surface area contributed by atoms with E-state index < -0.39 is 17.3 Å². The molecule has 2 aromatic rings. The summed E-state index contributed by atoms with van der Waals surface area (Å²) < 4.78 is 47.3. The second-order valence-electron chi connectivity index (χ2n) is 10.3. The zero-order valence-corrected chi connectivity index (χ0v) is 20.6. The molecule has 10 heteroatoms. The second-order valence-corrected chi connectivity index (χ2v) is 10.3. The maximum atomic E-state index is 14.0. The van der Waals surface area contributed by atoms with Gasteiger partial charge in [0.2, 0.25) is 0 Å². The van der Waals surface area contributed by atoms with Crippen molar-refractivity contribution in [1.82, 2.24) is 15.2 Å². The van der Waals surface area contributed by atoms with Gasteiger partial charge in [-0.1, -0.05) is 30.3 Å². The number of amides is 2. The molecule has 2 saturated heterocycles. The molecular weight excluding hydrogens is 471 g/mol. The van der Waals surface area contributed by atoms with Crippen LogP contribution in [0.3, 0.4) is 0 Å². The van der Waals surface area contributed by atoms with Crippen LogP contribution < -0.4 is 15.1 Å². The topological polar surface area (TPSA) is 60.9 Å². The van der Waals surface area contributed by atoms with Crippen molar-refractivity contribution in [3.05, 3.63) is 53.7 Å². The predicted molar refractivity (Wildman–Crippen MR) is 131 cm³/mol. The highest BCUT2D eigenvalue weighted by Gasteiger charge is 2.50. The van der Waals surface area contributed by atoms with Crippen molar-refractivity contribution in [2.45, 2.75) is 42.9 Å². The highest BCUT2D eigenvalue weighted by molar-refractivity contribution is 5.95. The number of halogens is 3. The fourth-order valence-electron chi connectivity index (χ4n) is 5.91. The number of nitrogens with zero attached hydrogens (tertiary/aromatic N) is 4. The summed E-state index contributed by atoms with van der Waals surface area (Å²) in [5.41, 5.74) is -0.0396. The molecule has 3 fully saturated rings. The number of alkyl halides is 3. The van der Waals surface area contributed by atoms with E-state index in [0.29, 0.717) is 32.8 Å². The molecule has 0 bridgehead atoms. The van der Waals surface area contributed by atoms with Crippen LogP contribution in [0.15, 0.2) is 42.6 Å². The molecule has 3 heterocycles. The number of hydrogen-bond donors (Lipinski definition) is 1. The maximum absolute atomic E-state index is 14.0. The lowest BCUT2D eigenvalue weighted by Crippen LogP contribution is -2.54. The van der Waals surface area contributed by atoms with E-state index in [9.17, 15) is 18.0 Å². The van der Waals surface area contributed by atoms with Crippen LogP contribution in [0.1, 0.15) is 36.8 Å². The number of morpholine rings is 1. The Kier molecular flexibility index (Phi) is 6.36. The first kappa shape index (κ1) is 24.8. The van der Waals surface area contributed by atoms with Crippen LogP contribution in [0.25, 0.3) is 0 Å². The van der Waals surface area contributed by atoms with Gasteiger partial charge in [-0.2, -0.15) is 13.2 Å². The molecule has 1 spiro atoms. The van der Waals surface area contributed by atoms with E-state index in [1.165, 1.54) is 16.7 Å². The summed E-state index contributed by atoms with van der Waals surface area (Å²) in [6, 6.07) is 11.0. The second kappa shape index (κ2) is 9.23. The van der Waals surface area contributed by atoms with Crippen LogP contribution in [-0.4, -0.2) is 68.4 Å². The lowest BCUT2D eigenvalue weighted by atomic mass is 9.69. The van der Waals surface area contributed by atoms with Crippen molar-refractivity contribution < 1.29 is 22.7 Å². The minimum Gasteiger partial charge on any atom is -0.378 e. The number of benzene rings is 1. The van der Waals surface area contributed by atoms with Crippen molar-refractivity contribution in [2.75, 3.05) is 56.7 Å². The number of nitrogens with one attached hydrogen (secondary N) is 1. The number of pyridine rings is 1. The number of ether oxygens (including phenoxy) is 1. The third-order valence-corrected chi connectivity index (χ3v) is 8.06. The van der Waals surface area contributed by atoms with Gasteiger partial charge in [0.1, 0.15) is 11.4 Å². The number of carbonyl (C=O) groups is 1. The Bertz CT molecular complexity index is 1090. The molecule has 0 radical (unpaired) electrons. The van der Waals surface area contributed by atoms with Gasteiger partial charge in [-0.25, -0.2) is 9.78 Å². The molecule has 3 aliphatic rings. The van der Waals surface area contributed by atoms with Crippen molar-refractivity contribution in [2.24, 2.45) is 0 Å². The number of hydrogen-bond acceptors (Lipinski definition) is 5. The number of carbonyl (C=O) groups excluding carboxylic acids is 1. The largest absolute Gasteiger partial charge is 0.420 e. The maximum Gasteiger partial charge on any atom is 0.420 e. The van der Waals surface area contributed by atoms with Crippen LogP contribution in [0.4, 0.5) is 29.5 Å². The van der Waals surface area contributed by atoms with Gasteiger partial charge in [-0.3, -0.25) is 9.80 Å². The molecule has 5 rings (SSSR count). The number of anilines is 2. The van der Waals surface area contributed by atoms with Gasteiger partial charge in [0.15, 0.2) is 0 Å². The number of aromatic nitrogens is 1. The zero-order valence-electron chi connectivity index (χ0n) is 20.6. The summed E-state index contributed by atoms with van der Waals surface area (Å²) in [6.45, 7) is 1.72. The molecule has 1 saturated carbocycles. The SMILES string of the molecule is CN(C)[C@]1(c2ccccc2)CC[C@]2(CC1)CN(c1cnc(N3CCOCC3)c(C(F)(F)F)c1)C(=O)N2. The lowest BCUT2D eigenvalue weighted by Gasteiger charge is -2.48. The average Bonchev–Trinajstić information content (AvgIpc) is 3.20. The van der Waals surface area contributed by atoms with Gasteiger partial charge in [-0.15, -0.1) is 0 Å². The fraction of sp³-hybridized carbons (Fsp3) is 0.538. The molecule has 1 aliphatic carbocycles. The fourth-order valence-corrected chi connectivity index (χ4v) is 5.91. The smallest absolute Gasteiger partial charge is 0.378 e. The molecule has 1 aromatic heterocycles. The van der Waals surface area contributed by atoms with E-state index in [2.05, 4.69) is 41.4 Å². The molecule has 36 heavy (non-hydrogen) atoms. The van der Waals surface area contributed by atoms with Gasteiger partial charge in [0.25, 0.3) is 0 Å². The van der Waals surface area contributed by atoms with Crippen LogP contribution in [0.5, 0.6) is 0 Å². The predicted octanol–water partition coefficient (Wildman–Crippen LogP) is 4.24. The first-order valence-corrected chi connectivity index (χ1v) is 12.4. The Balaban J connectivity index is 1.38. The first-order valence-electron chi connectivity index (χ1n) is 12.4. The van der Waals surface area contributed by atoms with Crippen LogP contribution >= 0.6 is 0 Å². The third kappa shape index (κ3) is 4.41. The molecule has 1 N–H and O–H groups in total. The summed E-state index contributed by atoms with van der Waals surface area (Å²) >= 11 is 0. The third-order valence-electron chi connectivity index (χ3n) is 8.06. The van der Waals surface area contributed by atoms with Gasteiger partial charge in [-0.05, 0) is 51.4 Å². The molecule has 0 atom stereocenters. The van der Waals surface area contributed by atoms with E-state index in [-0.39, 0.29) is 23.1 Å². The van der Waals surface area contributed by atoms with E-state index >= 15 is 0 Å². The Hall–Kier alpha value is -2.85. The quantitative estimate of drug-likeness (QED) is 0.677. The molecule has 2 aliphatic heterocycles. The highest BCUT2D eigenvalue weighted by atomic mass is 19.4. The summed E-state index contributed by atoms with van der Waals surface area (Å²) in [7, 11) is 4.15. The first-order chi connectivity index (χ1) is 17.1. The minimum atomic E-state index is -4.59. The normalized spacial score (nSPS) is 27.1. The van der Waals surface area contributed by atoms with E-state index in [1.54, 1.807) is 4.90 Å². The molecule has 1 aromatic carbocycles. The van der Waals surface area contributed by atoms with Gasteiger partial charge < -0.3 is 15.0 Å².